The van der Waals surface area contributed by atoms with Crippen LogP contribution in [0.2, 0.25) is 0 Å². The maximum atomic E-state index is 4.31. The van der Waals surface area contributed by atoms with Crippen LogP contribution in [0.5, 0.6) is 0 Å². The molecule has 0 amide bonds. The molecule has 1 N–H and O–H groups in total. The van der Waals surface area contributed by atoms with E-state index in [0.717, 1.165) is 22.3 Å². The lowest BCUT2D eigenvalue weighted by Gasteiger charge is -2.02. The second-order valence-electron chi connectivity index (χ2n) is 3.31. The van der Waals surface area contributed by atoms with E-state index < -0.39 is 0 Å². The number of nitrogens with zero attached hydrogens (tertiary/aromatic N) is 2. The predicted molar refractivity (Wildman–Crippen MR) is 59.3 cm³/mol. The third-order valence-electron chi connectivity index (χ3n) is 2.40. The summed E-state index contributed by atoms with van der Waals surface area (Å²) in [5, 5.41) is 1.12. The first-order valence-electron chi connectivity index (χ1n) is 4.78. The van der Waals surface area contributed by atoms with E-state index in [9.17, 15) is 0 Å². The quantitative estimate of drug-likeness (QED) is 0.648. The van der Waals surface area contributed by atoms with Crippen LogP contribution in [0, 0.1) is 0 Å². The molecule has 72 valence electrons. The lowest BCUT2D eigenvalue weighted by atomic mass is 10.1. The van der Waals surface area contributed by atoms with Gasteiger partial charge in [0.25, 0.3) is 0 Å². The highest BCUT2D eigenvalue weighted by atomic mass is 14.9. The number of pyridine rings is 1. The summed E-state index contributed by atoms with van der Waals surface area (Å²) in [5.41, 5.74) is 2.08. The highest BCUT2D eigenvalue weighted by Crippen LogP contribution is 2.24. The molecule has 0 unspecified atom stereocenters. The Bertz CT molecular complexity index is 579. The Balaban J connectivity index is 2.36. The number of rotatable bonds is 1. The third-order valence-corrected chi connectivity index (χ3v) is 2.40. The van der Waals surface area contributed by atoms with Gasteiger partial charge >= 0.3 is 0 Å². The first kappa shape index (κ1) is 8.17. The van der Waals surface area contributed by atoms with Crippen molar-refractivity contribution in [1.82, 2.24) is 15.0 Å². The topological polar surface area (TPSA) is 41.6 Å². The van der Waals surface area contributed by atoms with Crippen molar-refractivity contribution in [2.45, 2.75) is 0 Å². The van der Waals surface area contributed by atoms with Gasteiger partial charge in [0.1, 0.15) is 5.82 Å². The average Bonchev–Trinajstić information content (AvgIpc) is 2.82. The Morgan fingerprint density at radius 1 is 0.933 bits per heavy atom. The Labute approximate surface area is 86.8 Å². The Morgan fingerprint density at radius 3 is 2.80 bits per heavy atom. The molecule has 0 aliphatic rings. The van der Waals surface area contributed by atoms with Crippen molar-refractivity contribution in [2.24, 2.45) is 0 Å². The summed E-state index contributed by atoms with van der Waals surface area (Å²) < 4.78 is 0. The van der Waals surface area contributed by atoms with Crippen LogP contribution in [-0.4, -0.2) is 15.0 Å². The molecule has 3 rings (SSSR count). The van der Waals surface area contributed by atoms with Gasteiger partial charge < -0.3 is 4.98 Å². The Hall–Kier alpha value is -2.16. The summed E-state index contributed by atoms with van der Waals surface area (Å²) in [7, 11) is 0. The van der Waals surface area contributed by atoms with E-state index in [0.29, 0.717) is 0 Å². The number of imidazole rings is 1. The molecule has 0 aliphatic heterocycles. The second-order valence-corrected chi connectivity index (χ2v) is 3.31. The summed E-state index contributed by atoms with van der Waals surface area (Å²) >= 11 is 0. The molecule has 0 spiro atoms. The molecule has 3 nitrogen and oxygen atoms in total. The zero-order valence-corrected chi connectivity index (χ0v) is 8.01. The van der Waals surface area contributed by atoms with Gasteiger partial charge in [0.15, 0.2) is 0 Å². The molecule has 3 aromatic rings. The highest BCUT2D eigenvalue weighted by Gasteiger charge is 2.04. The number of fused-ring (bicyclic) bond motifs is 1. The number of nitrogens with one attached hydrogen (secondary N) is 1. The van der Waals surface area contributed by atoms with E-state index in [2.05, 4.69) is 21.0 Å². The number of aromatic amines is 1. The monoisotopic (exact) mass is 195 g/mol. The van der Waals surface area contributed by atoms with E-state index in [1.54, 1.807) is 12.4 Å². The maximum absolute atomic E-state index is 4.31. The van der Waals surface area contributed by atoms with Crippen LogP contribution in [-0.2, 0) is 0 Å². The van der Waals surface area contributed by atoms with E-state index >= 15 is 0 Å². The number of H-pyrrole nitrogens is 1. The molecule has 2 aromatic heterocycles. The summed E-state index contributed by atoms with van der Waals surface area (Å²) in [6.07, 6.45) is 5.38. The van der Waals surface area contributed by atoms with Gasteiger partial charge in [-0.1, -0.05) is 18.2 Å². The summed E-state index contributed by atoms with van der Waals surface area (Å²) in [6, 6.07) is 10.0. The molecule has 1 aromatic carbocycles. The average molecular weight is 195 g/mol. The van der Waals surface area contributed by atoms with Crippen molar-refractivity contribution in [3.8, 4) is 11.4 Å². The minimum atomic E-state index is 0.883. The lowest BCUT2D eigenvalue weighted by Crippen LogP contribution is -1.84. The third kappa shape index (κ3) is 1.29. The zero-order chi connectivity index (χ0) is 10.1. The van der Waals surface area contributed by atoms with E-state index in [4.69, 9.17) is 0 Å². The molecule has 0 aliphatic carbocycles. The molecular formula is C12H9N3. The molecule has 3 heteroatoms. The second kappa shape index (κ2) is 3.20. The SMILES string of the molecule is c1cc(-c2ncc[nH]2)c2cccnc2c1. The molecule has 0 saturated heterocycles. The normalized spacial score (nSPS) is 10.7. The first-order valence-corrected chi connectivity index (χ1v) is 4.78. The molecule has 0 radical (unpaired) electrons. The van der Waals surface area contributed by atoms with Crippen molar-refractivity contribution >= 4 is 10.9 Å². The van der Waals surface area contributed by atoms with Gasteiger partial charge in [0, 0.05) is 29.5 Å². The molecule has 0 bridgehead atoms. The van der Waals surface area contributed by atoms with E-state index in [-0.39, 0.29) is 0 Å². The van der Waals surface area contributed by atoms with Gasteiger partial charge in [0.05, 0.1) is 5.52 Å². The molecule has 2 heterocycles. The van der Waals surface area contributed by atoms with Gasteiger partial charge in [-0.25, -0.2) is 4.98 Å². The summed E-state index contributed by atoms with van der Waals surface area (Å²) in [4.78, 5) is 11.7. The molecule has 0 atom stereocenters. The number of hydrogen-bond donors (Lipinski definition) is 1. The van der Waals surface area contributed by atoms with Gasteiger partial charge in [-0.15, -0.1) is 0 Å². The largest absolute Gasteiger partial charge is 0.345 e. The van der Waals surface area contributed by atoms with Crippen LogP contribution in [0.4, 0.5) is 0 Å². The first-order chi connectivity index (χ1) is 7.45. The Kier molecular flexibility index (Phi) is 1.75. The van der Waals surface area contributed by atoms with Gasteiger partial charge in [-0.2, -0.15) is 0 Å². The van der Waals surface area contributed by atoms with Crippen molar-refractivity contribution in [2.75, 3.05) is 0 Å². The fraction of sp³-hybridized carbons (Fsp3) is 0. The van der Waals surface area contributed by atoms with Crippen LogP contribution < -0.4 is 0 Å². The smallest absolute Gasteiger partial charge is 0.137 e. The summed E-state index contributed by atoms with van der Waals surface area (Å²) in [5.74, 6) is 0.883. The molecule has 15 heavy (non-hydrogen) atoms. The van der Waals surface area contributed by atoms with Crippen molar-refractivity contribution < 1.29 is 0 Å². The fourth-order valence-electron chi connectivity index (χ4n) is 1.72. The van der Waals surface area contributed by atoms with Crippen LogP contribution in [0.25, 0.3) is 22.3 Å². The van der Waals surface area contributed by atoms with E-state index in [1.807, 2.05) is 30.5 Å². The van der Waals surface area contributed by atoms with Crippen LogP contribution in [0.3, 0.4) is 0 Å². The molecule has 0 fully saturated rings. The number of benzene rings is 1. The maximum Gasteiger partial charge on any atom is 0.137 e. The van der Waals surface area contributed by atoms with E-state index in [1.165, 1.54) is 0 Å². The van der Waals surface area contributed by atoms with Gasteiger partial charge in [-0.05, 0) is 12.1 Å². The lowest BCUT2D eigenvalue weighted by molar-refractivity contribution is 1.31. The highest BCUT2D eigenvalue weighted by molar-refractivity contribution is 5.92. The van der Waals surface area contributed by atoms with Crippen LogP contribution >= 0.6 is 0 Å². The Morgan fingerprint density at radius 2 is 1.93 bits per heavy atom. The minimum absolute atomic E-state index is 0.883. The van der Waals surface area contributed by atoms with Crippen LogP contribution in [0.1, 0.15) is 0 Å². The predicted octanol–water partition coefficient (Wildman–Crippen LogP) is 2.62. The van der Waals surface area contributed by atoms with Crippen molar-refractivity contribution in [3.05, 3.63) is 48.9 Å². The van der Waals surface area contributed by atoms with Gasteiger partial charge in [0.2, 0.25) is 0 Å². The molecule has 0 saturated carbocycles. The van der Waals surface area contributed by atoms with Crippen molar-refractivity contribution in [3.63, 3.8) is 0 Å². The van der Waals surface area contributed by atoms with Crippen LogP contribution in [0.15, 0.2) is 48.9 Å². The fourth-order valence-corrected chi connectivity index (χ4v) is 1.72. The number of hydrogen-bond acceptors (Lipinski definition) is 2. The minimum Gasteiger partial charge on any atom is -0.345 e. The van der Waals surface area contributed by atoms with Crippen molar-refractivity contribution in [1.29, 1.82) is 0 Å². The number of aromatic nitrogens is 3. The van der Waals surface area contributed by atoms with Gasteiger partial charge in [-0.3, -0.25) is 4.98 Å². The molecular weight excluding hydrogens is 186 g/mol. The standard InChI is InChI=1S/C12H9N3/c1-3-10(12-14-7-8-15-12)9-4-2-6-13-11(9)5-1/h1-8H,(H,14,15). The summed E-state index contributed by atoms with van der Waals surface area (Å²) in [6.45, 7) is 0. The zero-order valence-electron chi connectivity index (χ0n) is 8.01.